The number of nitrogens with zero attached hydrogens (tertiary/aromatic N) is 1. The van der Waals surface area contributed by atoms with Gasteiger partial charge in [0.25, 0.3) is 0 Å². The molecule has 100 valence electrons. The number of hydrogen-bond acceptors (Lipinski definition) is 4. The number of aliphatic carboxylic acids is 1. The van der Waals surface area contributed by atoms with Crippen molar-refractivity contribution in [2.24, 2.45) is 11.8 Å². The molecular weight excluding hydrogens is 252 g/mol. The Kier molecular flexibility index (Phi) is 4.84. The first-order valence-corrected chi connectivity index (χ1v) is 6.66. The highest BCUT2D eigenvalue weighted by Gasteiger charge is 2.27. The third kappa shape index (κ3) is 3.53. The van der Waals surface area contributed by atoms with E-state index in [0.29, 0.717) is 0 Å². The van der Waals surface area contributed by atoms with Crippen molar-refractivity contribution in [3.8, 4) is 0 Å². The summed E-state index contributed by atoms with van der Waals surface area (Å²) in [6, 6.07) is -0.195. The van der Waals surface area contributed by atoms with Crippen LogP contribution in [0.1, 0.15) is 37.5 Å². The van der Waals surface area contributed by atoms with Crippen LogP contribution in [0.2, 0.25) is 0 Å². The number of carbonyl (C=O) groups excluding carboxylic acids is 1. The van der Waals surface area contributed by atoms with Gasteiger partial charge in [0.1, 0.15) is 5.01 Å². The van der Waals surface area contributed by atoms with Gasteiger partial charge < -0.3 is 10.4 Å². The summed E-state index contributed by atoms with van der Waals surface area (Å²) in [5.74, 6) is -2.48. The van der Waals surface area contributed by atoms with E-state index in [1.807, 2.05) is 19.2 Å². The maximum atomic E-state index is 11.9. The zero-order chi connectivity index (χ0) is 13.9. The Labute approximate surface area is 110 Å². The Hall–Kier alpha value is -1.43. The molecule has 6 heteroatoms. The standard InChI is InChI=1S/C12H18N2O3S/c1-6-5-18-11(13-6)9(4)14-10(15)7(2)8(3)12(16)17/h5,7-9H,1-4H3,(H,14,15)(H,16,17). The van der Waals surface area contributed by atoms with Crippen LogP contribution in [0.4, 0.5) is 0 Å². The van der Waals surface area contributed by atoms with E-state index in [1.54, 1.807) is 6.92 Å². The average Bonchev–Trinajstić information content (AvgIpc) is 2.73. The number of thiazole rings is 1. The van der Waals surface area contributed by atoms with Gasteiger partial charge in [-0.05, 0) is 13.8 Å². The van der Waals surface area contributed by atoms with Crippen LogP contribution >= 0.6 is 11.3 Å². The number of carbonyl (C=O) groups is 2. The summed E-state index contributed by atoms with van der Waals surface area (Å²) < 4.78 is 0. The first kappa shape index (κ1) is 14.6. The first-order valence-electron chi connectivity index (χ1n) is 5.78. The maximum absolute atomic E-state index is 11.9. The smallest absolute Gasteiger partial charge is 0.307 e. The minimum Gasteiger partial charge on any atom is -0.481 e. The molecule has 0 saturated heterocycles. The van der Waals surface area contributed by atoms with Crippen LogP contribution in [-0.4, -0.2) is 22.0 Å². The zero-order valence-corrected chi connectivity index (χ0v) is 11.7. The third-order valence-electron chi connectivity index (χ3n) is 2.92. The van der Waals surface area contributed by atoms with Crippen molar-refractivity contribution in [3.63, 3.8) is 0 Å². The quantitative estimate of drug-likeness (QED) is 0.857. The van der Waals surface area contributed by atoms with Crippen molar-refractivity contribution in [2.45, 2.75) is 33.7 Å². The molecule has 3 unspecified atom stereocenters. The molecule has 0 bridgehead atoms. The Morgan fingerprint density at radius 2 is 1.94 bits per heavy atom. The Balaban J connectivity index is 2.62. The lowest BCUT2D eigenvalue weighted by atomic mass is 9.95. The van der Waals surface area contributed by atoms with Crippen LogP contribution in [0, 0.1) is 18.8 Å². The van der Waals surface area contributed by atoms with Crippen LogP contribution < -0.4 is 5.32 Å². The second-order valence-electron chi connectivity index (χ2n) is 4.47. The second-order valence-corrected chi connectivity index (χ2v) is 5.36. The number of rotatable bonds is 5. The van der Waals surface area contributed by atoms with Gasteiger partial charge in [0.15, 0.2) is 0 Å². The maximum Gasteiger partial charge on any atom is 0.307 e. The number of carboxylic acid groups (broad SMARTS) is 1. The molecule has 2 N–H and O–H groups in total. The number of hydrogen-bond donors (Lipinski definition) is 2. The third-order valence-corrected chi connectivity index (χ3v) is 4.06. The van der Waals surface area contributed by atoms with Gasteiger partial charge in [-0.3, -0.25) is 9.59 Å². The van der Waals surface area contributed by atoms with Crippen LogP contribution in [0.3, 0.4) is 0 Å². The fourth-order valence-corrected chi connectivity index (χ4v) is 2.22. The molecule has 5 nitrogen and oxygen atoms in total. The van der Waals surface area contributed by atoms with E-state index < -0.39 is 17.8 Å². The topological polar surface area (TPSA) is 79.3 Å². The Bertz CT molecular complexity index is 444. The average molecular weight is 270 g/mol. The lowest BCUT2D eigenvalue weighted by Crippen LogP contribution is -2.36. The van der Waals surface area contributed by atoms with Gasteiger partial charge in [0, 0.05) is 17.0 Å². The van der Waals surface area contributed by atoms with Crippen LogP contribution in [0.15, 0.2) is 5.38 Å². The number of aryl methyl sites for hydroxylation is 1. The highest BCUT2D eigenvalue weighted by Crippen LogP contribution is 2.19. The summed E-state index contributed by atoms with van der Waals surface area (Å²) in [6.07, 6.45) is 0. The molecule has 18 heavy (non-hydrogen) atoms. The van der Waals surface area contributed by atoms with Crippen molar-refractivity contribution in [1.29, 1.82) is 0 Å². The van der Waals surface area contributed by atoms with Gasteiger partial charge in [0.05, 0.1) is 12.0 Å². The van der Waals surface area contributed by atoms with Gasteiger partial charge in [0.2, 0.25) is 5.91 Å². The fraction of sp³-hybridized carbons (Fsp3) is 0.583. The number of nitrogens with one attached hydrogen (secondary N) is 1. The van der Waals surface area contributed by atoms with E-state index in [4.69, 9.17) is 5.11 Å². The monoisotopic (exact) mass is 270 g/mol. The zero-order valence-electron chi connectivity index (χ0n) is 10.9. The molecule has 0 aliphatic heterocycles. The molecule has 0 fully saturated rings. The molecular formula is C12H18N2O3S. The Morgan fingerprint density at radius 3 is 2.39 bits per heavy atom. The van der Waals surface area contributed by atoms with Gasteiger partial charge in [-0.15, -0.1) is 11.3 Å². The molecule has 3 atom stereocenters. The van der Waals surface area contributed by atoms with Crippen molar-refractivity contribution < 1.29 is 14.7 Å². The summed E-state index contributed by atoms with van der Waals surface area (Å²) >= 11 is 1.48. The van der Waals surface area contributed by atoms with Crippen LogP contribution in [0.25, 0.3) is 0 Å². The predicted octanol–water partition coefficient (Wildman–Crippen LogP) is 1.99. The van der Waals surface area contributed by atoms with E-state index in [2.05, 4.69) is 10.3 Å². The molecule has 0 spiro atoms. The largest absolute Gasteiger partial charge is 0.481 e. The minimum absolute atomic E-state index is 0.195. The lowest BCUT2D eigenvalue weighted by molar-refractivity contribution is -0.146. The molecule has 1 aromatic heterocycles. The lowest BCUT2D eigenvalue weighted by Gasteiger charge is -2.18. The molecule has 0 radical (unpaired) electrons. The minimum atomic E-state index is -0.963. The van der Waals surface area contributed by atoms with Gasteiger partial charge in [-0.25, -0.2) is 4.98 Å². The van der Waals surface area contributed by atoms with E-state index in [0.717, 1.165) is 10.7 Å². The summed E-state index contributed by atoms with van der Waals surface area (Å²) in [4.78, 5) is 27.0. The fourth-order valence-electron chi connectivity index (χ4n) is 1.42. The molecule has 0 aliphatic carbocycles. The SMILES string of the molecule is Cc1csc(C(C)NC(=O)C(C)C(C)C(=O)O)n1. The highest BCUT2D eigenvalue weighted by atomic mass is 32.1. The Morgan fingerprint density at radius 1 is 1.33 bits per heavy atom. The van der Waals surface area contributed by atoms with E-state index in [-0.39, 0.29) is 11.9 Å². The highest BCUT2D eigenvalue weighted by molar-refractivity contribution is 7.09. The number of carboxylic acids is 1. The number of aromatic nitrogens is 1. The summed E-state index contributed by atoms with van der Waals surface area (Å²) in [6.45, 7) is 6.89. The van der Waals surface area contributed by atoms with Crippen molar-refractivity contribution >= 4 is 23.2 Å². The van der Waals surface area contributed by atoms with Crippen molar-refractivity contribution in [1.82, 2.24) is 10.3 Å². The van der Waals surface area contributed by atoms with Crippen molar-refractivity contribution in [2.75, 3.05) is 0 Å². The molecule has 1 amide bonds. The molecule has 1 heterocycles. The van der Waals surface area contributed by atoms with Gasteiger partial charge in [-0.2, -0.15) is 0 Å². The molecule has 1 rings (SSSR count). The molecule has 0 aromatic carbocycles. The summed E-state index contributed by atoms with van der Waals surface area (Å²) in [5, 5.41) is 14.4. The van der Waals surface area contributed by atoms with Gasteiger partial charge in [-0.1, -0.05) is 13.8 Å². The molecule has 1 aromatic rings. The van der Waals surface area contributed by atoms with Crippen LogP contribution in [0.5, 0.6) is 0 Å². The van der Waals surface area contributed by atoms with E-state index in [1.165, 1.54) is 18.3 Å². The molecule has 0 aliphatic rings. The second kappa shape index (κ2) is 5.95. The number of amides is 1. The molecule has 0 saturated carbocycles. The normalized spacial score (nSPS) is 15.8. The van der Waals surface area contributed by atoms with E-state index >= 15 is 0 Å². The predicted molar refractivity (Wildman–Crippen MR) is 69.4 cm³/mol. The summed E-state index contributed by atoms with van der Waals surface area (Å²) in [7, 11) is 0. The first-order chi connectivity index (χ1) is 8.32. The summed E-state index contributed by atoms with van der Waals surface area (Å²) in [5.41, 5.74) is 0.919. The van der Waals surface area contributed by atoms with Crippen LogP contribution in [-0.2, 0) is 9.59 Å². The van der Waals surface area contributed by atoms with E-state index in [9.17, 15) is 9.59 Å². The van der Waals surface area contributed by atoms with Gasteiger partial charge >= 0.3 is 5.97 Å². The van der Waals surface area contributed by atoms with Crippen molar-refractivity contribution in [3.05, 3.63) is 16.1 Å².